The average molecular weight is 401 g/mol. The summed E-state index contributed by atoms with van der Waals surface area (Å²) in [7, 11) is 3.20. The number of hydrogen-bond acceptors (Lipinski definition) is 8. The second-order valence-electron chi connectivity index (χ2n) is 5.83. The van der Waals surface area contributed by atoms with Gasteiger partial charge in [0.2, 0.25) is 5.89 Å². The van der Waals surface area contributed by atoms with Crippen molar-refractivity contribution in [3.05, 3.63) is 60.0 Å². The van der Waals surface area contributed by atoms with Crippen molar-refractivity contribution in [2.45, 2.75) is 12.5 Å². The van der Waals surface area contributed by atoms with Crippen LogP contribution in [0, 0.1) is 0 Å². The first-order chi connectivity index (χ1) is 14.0. The first-order valence-corrected chi connectivity index (χ1v) is 8.46. The van der Waals surface area contributed by atoms with E-state index in [4.69, 9.17) is 4.42 Å². The molecule has 0 bridgehead atoms. The number of amides is 1. The van der Waals surface area contributed by atoms with Gasteiger partial charge in [-0.3, -0.25) is 14.8 Å². The van der Waals surface area contributed by atoms with Gasteiger partial charge in [-0.25, -0.2) is 5.01 Å². The van der Waals surface area contributed by atoms with Crippen LogP contribution in [0.2, 0.25) is 0 Å². The zero-order valence-electron chi connectivity index (χ0n) is 15.5. The molecule has 0 aromatic carbocycles. The van der Waals surface area contributed by atoms with Gasteiger partial charge in [0.15, 0.2) is 0 Å². The van der Waals surface area contributed by atoms with E-state index in [0.717, 1.165) is 0 Å². The minimum atomic E-state index is -2.84. The molecule has 0 saturated carbocycles. The molecule has 29 heavy (non-hydrogen) atoms. The minimum absolute atomic E-state index is 0.0584. The summed E-state index contributed by atoms with van der Waals surface area (Å²) in [4.78, 5) is 20.8. The van der Waals surface area contributed by atoms with E-state index < -0.39 is 18.4 Å². The topological polar surface area (TPSA) is 109 Å². The van der Waals surface area contributed by atoms with Crippen molar-refractivity contribution in [1.82, 2.24) is 30.5 Å². The van der Waals surface area contributed by atoms with Gasteiger partial charge < -0.3 is 9.73 Å². The lowest BCUT2D eigenvalue weighted by molar-refractivity contribution is -0.132. The average Bonchev–Trinajstić information content (AvgIpc) is 3.24. The second kappa shape index (κ2) is 9.06. The van der Waals surface area contributed by atoms with Crippen LogP contribution in [-0.2, 0) is 4.79 Å². The van der Waals surface area contributed by atoms with Gasteiger partial charge in [-0.2, -0.15) is 13.9 Å². The molecule has 0 saturated heterocycles. The number of hydrazone groups is 1. The number of alkyl halides is 2. The van der Waals surface area contributed by atoms with E-state index >= 15 is 0 Å². The summed E-state index contributed by atoms with van der Waals surface area (Å²) < 4.78 is 29.9. The van der Waals surface area contributed by atoms with E-state index in [-0.39, 0.29) is 11.8 Å². The van der Waals surface area contributed by atoms with Crippen molar-refractivity contribution in [1.29, 1.82) is 0 Å². The Hall–Kier alpha value is -3.60. The van der Waals surface area contributed by atoms with Crippen molar-refractivity contribution < 1.29 is 18.0 Å². The summed E-state index contributed by atoms with van der Waals surface area (Å²) in [5, 5.41) is 15.1. The molecule has 1 atom stereocenters. The molecule has 11 heteroatoms. The molecule has 1 unspecified atom stereocenters. The summed E-state index contributed by atoms with van der Waals surface area (Å²) >= 11 is 0. The summed E-state index contributed by atoms with van der Waals surface area (Å²) in [5.41, 5.74) is 1.55. The van der Waals surface area contributed by atoms with E-state index in [1.165, 1.54) is 24.5 Å². The molecule has 150 valence electrons. The van der Waals surface area contributed by atoms with Crippen LogP contribution >= 0.6 is 0 Å². The zero-order valence-corrected chi connectivity index (χ0v) is 15.5. The van der Waals surface area contributed by atoms with Crippen LogP contribution in [0.5, 0.6) is 0 Å². The highest BCUT2D eigenvalue weighted by molar-refractivity contribution is 5.85. The van der Waals surface area contributed by atoms with Crippen LogP contribution in [0.1, 0.15) is 29.6 Å². The van der Waals surface area contributed by atoms with Crippen molar-refractivity contribution in [3.8, 4) is 11.5 Å². The lowest BCUT2D eigenvalue weighted by atomic mass is 10.1. The van der Waals surface area contributed by atoms with Gasteiger partial charge in [0.25, 0.3) is 11.8 Å². The number of rotatable bonds is 7. The van der Waals surface area contributed by atoms with Gasteiger partial charge in [-0.15, -0.1) is 10.2 Å². The first-order valence-electron chi connectivity index (χ1n) is 8.46. The van der Waals surface area contributed by atoms with Crippen molar-refractivity contribution >= 4 is 12.1 Å². The fraction of sp³-hybridized carbons (Fsp3) is 0.222. The number of pyridine rings is 2. The fourth-order valence-corrected chi connectivity index (χ4v) is 2.42. The van der Waals surface area contributed by atoms with Crippen molar-refractivity contribution in [3.63, 3.8) is 0 Å². The van der Waals surface area contributed by atoms with Gasteiger partial charge >= 0.3 is 6.43 Å². The minimum Gasteiger partial charge on any atom is -0.415 e. The largest absolute Gasteiger partial charge is 0.415 e. The van der Waals surface area contributed by atoms with Crippen molar-refractivity contribution in [2.75, 3.05) is 14.1 Å². The Kier molecular flexibility index (Phi) is 6.29. The number of carbonyl (C=O) groups is 1. The van der Waals surface area contributed by atoms with Gasteiger partial charge in [0, 0.05) is 25.6 Å². The molecule has 0 spiro atoms. The molecule has 3 rings (SSSR count). The molecule has 1 amide bonds. The molecule has 3 heterocycles. The normalized spacial score (nSPS) is 12.4. The summed E-state index contributed by atoms with van der Waals surface area (Å²) in [6, 6.07) is 6.10. The number of aromatic nitrogens is 4. The predicted octanol–water partition coefficient (Wildman–Crippen LogP) is 2.22. The molecule has 0 radical (unpaired) electrons. The van der Waals surface area contributed by atoms with Crippen LogP contribution in [0.3, 0.4) is 0 Å². The standard InChI is InChI=1S/C18H17F2N7O2/c1-21-14(11-4-3-7-22-8-11)18(28)27(2)24-10-13-6-5-12(9-23-13)16-25-26-17(29-16)15(19)20/h3-10,14-15,21H,1-2H3/b24-10+. The van der Waals surface area contributed by atoms with Crippen LogP contribution in [0.25, 0.3) is 11.5 Å². The third-order valence-corrected chi connectivity index (χ3v) is 3.90. The Morgan fingerprint density at radius 3 is 2.69 bits per heavy atom. The van der Waals surface area contributed by atoms with Crippen molar-refractivity contribution in [2.24, 2.45) is 5.10 Å². The number of likely N-dealkylation sites (N-methyl/N-ethyl adjacent to an activating group) is 2. The predicted molar refractivity (Wildman–Crippen MR) is 98.9 cm³/mol. The lowest BCUT2D eigenvalue weighted by Crippen LogP contribution is -2.34. The molecule has 3 aromatic heterocycles. The maximum atomic E-state index is 12.6. The Labute approximate surface area is 164 Å². The molecule has 1 N–H and O–H groups in total. The van der Waals surface area contributed by atoms with Crippen LogP contribution in [0.15, 0.2) is 52.4 Å². The quantitative estimate of drug-likeness (QED) is 0.477. The van der Waals surface area contributed by atoms with E-state index in [9.17, 15) is 13.6 Å². The van der Waals surface area contributed by atoms with Crippen LogP contribution < -0.4 is 5.32 Å². The molecular formula is C18H17F2N7O2. The van der Waals surface area contributed by atoms with Gasteiger partial charge in [-0.1, -0.05) is 6.07 Å². The molecule has 0 aliphatic rings. The maximum absolute atomic E-state index is 12.6. The third-order valence-electron chi connectivity index (χ3n) is 3.90. The Balaban J connectivity index is 1.67. The molecule has 9 nitrogen and oxygen atoms in total. The van der Waals surface area contributed by atoms with Gasteiger partial charge in [-0.05, 0) is 30.8 Å². The number of nitrogens with zero attached hydrogens (tertiary/aromatic N) is 6. The smallest absolute Gasteiger partial charge is 0.314 e. The second-order valence-corrected chi connectivity index (χ2v) is 5.83. The first kappa shape index (κ1) is 20.1. The SMILES string of the molecule is CNC(C(=O)N(C)/N=C/c1ccc(-c2nnc(C(F)F)o2)cn1)c1cccnc1. The number of carbonyl (C=O) groups excluding carboxylic acids is 1. The van der Waals surface area contributed by atoms with E-state index in [2.05, 4.69) is 30.6 Å². The summed E-state index contributed by atoms with van der Waals surface area (Å²) in [6.45, 7) is 0. The highest BCUT2D eigenvalue weighted by atomic mass is 19.3. The fourth-order valence-electron chi connectivity index (χ4n) is 2.42. The molecule has 0 aliphatic carbocycles. The summed E-state index contributed by atoms with van der Waals surface area (Å²) in [5.74, 6) is -1.09. The lowest BCUT2D eigenvalue weighted by Gasteiger charge is -2.19. The molecule has 0 aliphatic heterocycles. The van der Waals surface area contributed by atoms with Crippen LogP contribution in [0.4, 0.5) is 8.78 Å². The van der Waals surface area contributed by atoms with E-state index in [1.807, 2.05) is 0 Å². The Bertz CT molecular complexity index is 977. The highest BCUT2D eigenvalue weighted by Crippen LogP contribution is 2.22. The Morgan fingerprint density at radius 2 is 2.10 bits per heavy atom. The number of hydrogen-bond donors (Lipinski definition) is 1. The molecule has 3 aromatic rings. The third kappa shape index (κ3) is 4.82. The van der Waals surface area contributed by atoms with Gasteiger partial charge in [0.1, 0.15) is 6.04 Å². The highest BCUT2D eigenvalue weighted by Gasteiger charge is 2.22. The molecule has 0 fully saturated rings. The zero-order chi connectivity index (χ0) is 20.8. The van der Waals surface area contributed by atoms with E-state index in [0.29, 0.717) is 16.8 Å². The monoisotopic (exact) mass is 401 g/mol. The summed E-state index contributed by atoms with van der Waals surface area (Å²) in [6.07, 6.45) is 3.18. The van der Waals surface area contributed by atoms with Gasteiger partial charge in [0.05, 0.1) is 17.5 Å². The maximum Gasteiger partial charge on any atom is 0.314 e. The van der Waals surface area contributed by atoms with Crippen LogP contribution in [-0.4, -0.2) is 51.4 Å². The molecular weight excluding hydrogens is 384 g/mol. The number of halogens is 2. The number of nitrogens with one attached hydrogen (secondary N) is 1. The van der Waals surface area contributed by atoms with E-state index in [1.54, 1.807) is 43.7 Å². The Morgan fingerprint density at radius 1 is 1.28 bits per heavy atom.